The molecular weight excluding hydrogens is 300 g/mol. The summed E-state index contributed by atoms with van der Waals surface area (Å²) >= 11 is 0. The molecule has 2 heterocycles. The Hall–Kier alpha value is -2.90. The van der Waals surface area contributed by atoms with Crippen LogP contribution in [0, 0.1) is 11.6 Å². The van der Waals surface area contributed by atoms with Crippen LogP contribution in [0.2, 0.25) is 0 Å². The number of rotatable bonds is 2. The molecule has 1 aromatic carbocycles. The van der Waals surface area contributed by atoms with Gasteiger partial charge in [-0.3, -0.25) is 9.59 Å². The molecule has 8 heteroatoms. The second-order valence-electron chi connectivity index (χ2n) is 4.66. The number of anilines is 1. The minimum absolute atomic E-state index is 0.0661. The molecule has 0 saturated carbocycles. The summed E-state index contributed by atoms with van der Waals surface area (Å²) in [5, 5.41) is 19.7. The lowest BCUT2D eigenvalue weighted by Crippen LogP contribution is -2.28. The van der Waals surface area contributed by atoms with Gasteiger partial charge in [0.05, 0.1) is 5.56 Å². The van der Waals surface area contributed by atoms with E-state index in [0.29, 0.717) is 4.90 Å². The molecule has 2 amide bonds. The largest absolute Gasteiger partial charge is 0.502 e. The topological polar surface area (TPSA) is 91.0 Å². The van der Waals surface area contributed by atoms with Crippen molar-refractivity contribution in [2.75, 3.05) is 4.90 Å². The van der Waals surface area contributed by atoms with Crippen molar-refractivity contribution in [3.8, 4) is 22.8 Å². The van der Waals surface area contributed by atoms with Crippen LogP contribution in [0.4, 0.5) is 14.7 Å². The summed E-state index contributed by atoms with van der Waals surface area (Å²) in [6.45, 7) is 0. The molecular formula is C14H9F2NO5. The third-order valence-corrected chi connectivity index (χ3v) is 3.29. The van der Waals surface area contributed by atoms with E-state index in [9.17, 15) is 28.6 Å². The van der Waals surface area contributed by atoms with Gasteiger partial charge in [-0.1, -0.05) is 6.07 Å². The van der Waals surface area contributed by atoms with Gasteiger partial charge < -0.3 is 14.6 Å². The fraction of sp³-hybridized carbons (Fsp3) is 0.143. The van der Waals surface area contributed by atoms with E-state index in [1.54, 1.807) is 0 Å². The molecule has 0 unspecified atom stereocenters. The number of aromatic hydroxyl groups is 2. The second kappa shape index (κ2) is 4.83. The van der Waals surface area contributed by atoms with Gasteiger partial charge in [0.25, 0.3) is 5.88 Å². The minimum Gasteiger partial charge on any atom is -0.502 e. The molecule has 1 aromatic heterocycles. The average molecular weight is 309 g/mol. The lowest BCUT2D eigenvalue weighted by Gasteiger charge is -2.09. The Morgan fingerprint density at radius 3 is 2.32 bits per heavy atom. The Bertz CT molecular complexity index is 783. The molecule has 1 saturated heterocycles. The summed E-state index contributed by atoms with van der Waals surface area (Å²) in [7, 11) is 0. The van der Waals surface area contributed by atoms with Gasteiger partial charge in [-0.15, -0.1) is 0 Å². The number of nitrogens with zero attached hydrogens (tertiary/aromatic N) is 1. The van der Waals surface area contributed by atoms with E-state index >= 15 is 0 Å². The Balaban J connectivity index is 2.16. The molecule has 0 atom stereocenters. The maximum atomic E-state index is 13.8. The standard InChI is InChI=1S/C14H9F2NO5/c15-7-3-1-2-6(10(7)16)13-11(20)12(21)14(22-13)17-8(18)4-5-9(17)19/h1-3,20-21H,4-5H2. The maximum Gasteiger partial charge on any atom is 0.256 e. The van der Waals surface area contributed by atoms with Gasteiger partial charge in [-0.05, 0) is 12.1 Å². The average Bonchev–Trinajstić information content (AvgIpc) is 2.95. The fourth-order valence-corrected chi connectivity index (χ4v) is 2.22. The van der Waals surface area contributed by atoms with E-state index < -0.39 is 52.2 Å². The van der Waals surface area contributed by atoms with Crippen molar-refractivity contribution in [3.05, 3.63) is 29.8 Å². The normalized spacial score (nSPS) is 14.9. The van der Waals surface area contributed by atoms with E-state index in [0.717, 1.165) is 12.1 Å². The lowest BCUT2D eigenvalue weighted by atomic mass is 10.1. The van der Waals surface area contributed by atoms with Crippen molar-refractivity contribution in [1.29, 1.82) is 0 Å². The summed E-state index contributed by atoms with van der Waals surface area (Å²) in [5.74, 6) is -6.67. The predicted octanol–water partition coefficient (Wildman–Crippen LogP) is 2.29. The van der Waals surface area contributed by atoms with Crippen molar-refractivity contribution < 1.29 is 33.0 Å². The summed E-state index contributed by atoms with van der Waals surface area (Å²) in [6, 6.07) is 3.17. The van der Waals surface area contributed by atoms with E-state index in [2.05, 4.69) is 0 Å². The molecule has 0 aliphatic carbocycles. The number of hydrogen-bond donors (Lipinski definition) is 2. The molecule has 114 valence electrons. The minimum atomic E-state index is -1.29. The number of hydrogen-bond acceptors (Lipinski definition) is 5. The fourth-order valence-electron chi connectivity index (χ4n) is 2.22. The first-order valence-electron chi connectivity index (χ1n) is 6.26. The van der Waals surface area contributed by atoms with Crippen molar-refractivity contribution in [2.24, 2.45) is 0 Å². The third-order valence-electron chi connectivity index (χ3n) is 3.29. The molecule has 22 heavy (non-hydrogen) atoms. The number of benzene rings is 1. The Kier molecular flexibility index (Phi) is 3.09. The van der Waals surface area contributed by atoms with Crippen molar-refractivity contribution in [3.63, 3.8) is 0 Å². The van der Waals surface area contributed by atoms with Crippen LogP contribution < -0.4 is 4.90 Å². The Morgan fingerprint density at radius 2 is 1.68 bits per heavy atom. The molecule has 3 rings (SSSR count). The zero-order chi connectivity index (χ0) is 16.0. The second-order valence-corrected chi connectivity index (χ2v) is 4.66. The van der Waals surface area contributed by atoms with Crippen LogP contribution in [0.25, 0.3) is 11.3 Å². The molecule has 2 N–H and O–H groups in total. The van der Waals surface area contributed by atoms with Crippen LogP contribution in [-0.4, -0.2) is 22.0 Å². The van der Waals surface area contributed by atoms with Gasteiger partial charge in [0, 0.05) is 12.8 Å². The first-order valence-corrected chi connectivity index (χ1v) is 6.26. The number of halogens is 2. The highest BCUT2D eigenvalue weighted by Gasteiger charge is 2.37. The molecule has 1 aliphatic heterocycles. The molecule has 0 spiro atoms. The van der Waals surface area contributed by atoms with Crippen molar-refractivity contribution in [1.82, 2.24) is 0 Å². The van der Waals surface area contributed by atoms with Crippen LogP contribution >= 0.6 is 0 Å². The molecule has 1 aliphatic rings. The van der Waals surface area contributed by atoms with Crippen LogP contribution in [0.3, 0.4) is 0 Å². The molecule has 6 nitrogen and oxygen atoms in total. The van der Waals surface area contributed by atoms with E-state index in [-0.39, 0.29) is 12.8 Å². The van der Waals surface area contributed by atoms with Crippen molar-refractivity contribution in [2.45, 2.75) is 12.8 Å². The lowest BCUT2D eigenvalue weighted by molar-refractivity contribution is -0.121. The van der Waals surface area contributed by atoms with Crippen LogP contribution in [0.1, 0.15) is 12.8 Å². The van der Waals surface area contributed by atoms with Gasteiger partial charge in [0.2, 0.25) is 23.3 Å². The highest BCUT2D eigenvalue weighted by molar-refractivity contribution is 6.20. The third kappa shape index (κ3) is 1.92. The Labute approximate surface area is 122 Å². The summed E-state index contributed by atoms with van der Waals surface area (Å²) in [4.78, 5) is 23.8. The number of carbonyl (C=O) groups is 2. The summed E-state index contributed by atoms with van der Waals surface area (Å²) in [5.41, 5.74) is -0.446. The summed E-state index contributed by atoms with van der Waals surface area (Å²) < 4.78 is 32.1. The highest BCUT2D eigenvalue weighted by Crippen LogP contribution is 2.48. The molecule has 2 aromatic rings. The summed E-state index contributed by atoms with van der Waals surface area (Å²) in [6.07, 6.45) is -0.132. The smallest absolute Gasteiger partial charge is 0.256 e. The predicted molar refractivity (Wildman–Crippen MR) is 69.1 cm³/mol. The number of carbonyl (C=O) groups excluding carboxylic acids is 2. The highest BCUT2D eigenvalue weighted by atomic mass is 19.2. The number of amides is 2. The van der Waals surface area contributed by atoms with Crippen LogP contribution in [-0.2, 0) is 9.59 Å². The van der Waals surface area contributed by atoms with E-state index in [1.165, 1.54) is 6.07 Å². The first-order chi connectivity index (χ1) is 10.4. The SMILES string of the molecule is O=C1CCC(=O)N1c1oc(-c2cccc(F)c2F)c(O)c1O. The van der Waals surface area contributed by atoms with Gasteiger partial charge in [-0.2, -0.15) is 0 Å². The number of furan rings is 1. The van der Waals surface area contributed by atoms with Gasteiger partial charge >= 0.3 is 0 Å². The number of imide groups is 1. The van der Waals surface area contributed by atoms with Gasteiger partial charge in [0.1, 0.15) is 0 Å². The molecule has 0 radical (unpaired) electrons. The zero-order valence-corrected chi connectivity index (χ0v) is 11.0. The van der Waals surface area contributed by atoms with Crippen LogP contribution in [0.15, 0.2) is 22.6 Å². The van der Waals surface area contributed by atoms with E-state index in [4.69, 9.17) is 4.42 Å². The Morgan fingerprint density at radius 1 is 1.05 bits per heavy atom. The molecule has 1 fully saturated rings. The van der Waals surface area contributed by atoms with E-state index in [1.807, 2.05) is 0 Å². The monoisotopic (exact) mass is 309 g/mol. The zero-order valence-electron chi connectivity index (χ0n) is 11.0. The van der Waals surface area contributed by atoms with Gasteiger partial charge in [-0.25, -0.2) is 13.7 Å². The maximum absolute atomic E-state index is 13.8. The quantitative estimate of drug-likeness (QED) is 0.831. The first kappa shape index (κ1) is 14.1. The van der Waals surface area contributed by atoms with Crippen molar-refractivity contribution >= 4 is 17.7 Å². The van der Waals surface area contributed by atoms with Crippen LogP contribution in [0.5, 0.6) is 11.5 Å². The molecule has 0 bridgehead atoms. The van der Waals surface area contributed by atoms with Gasteiger partial charge in [0.15, 0.2) is 17.4 Å².